The normalized spacial score (nSPS) is 20.1. The topological polar surface area (TPSA) is 189 Å². The Labute approximate surface area is 747 Å². The lowest BCUT2D eigenvalue weighted by Gasteiger charge is -2.38. The molecular weight excluding hydrogens is 1620 g/mol. The van der Waals surface area contributed by atoms with Crippen LogP contribution in [0.3, 0.4) is 0 Å². The monoisotopic (exact) mass is 1730 g/mol. The number of ether oxygens (including phenoxy) is 4. The van der Waals surface area contributed by atoms with Crippen LogP contribution in [0.4, 0.5) is 17.6 Å². The summed E-state index contributed by atoms with van der Waals surface area (Å²) in [4.78, 5) is 78.3. The molecular formula is C104H112F4N12O8. The Kier molecular flexibility index (Phi) is 29.6. The van der Waals surface area contributed by atoms with Gasteiger partial charge in [-0.2, -0.15) is 0 Å². The largest absolute Gasteiger partial charge is 0.495 e. The number of amides is 4. The molecule has 16 rings (SSSR count). The molecule has 4 fully saturated rings. The number of hydrogen-bond donors (Lipinski definition) is 0. The zero-order valence-electron chi connectivity index (χ0n) is 75.5. The number of carbonyl (C=O) groups excluding carboxylic acids is 4. The number of nitrogens with zero attached hydrogens (tertiary/aromatic N) is 12. The van der Waals surface area contributed by atoms with Crippen LogP contribution >= 0.6 is 0 Å². The van der Waals surface area contributed by atoms with Gasteiger partial charge < -0.3 is 56.8 Å². The number of imidazole rings is 4. The van der Waals surface area contributed by atoms with Crippen molar-refractivity contribution < 1.29 is 55.7 Å². The first-order valence-corrected chi connectivity index (χ1v) is 43.3. The van der Waals surface area contributed by atoms with Crippen LogP contribution in [0.2, 0.25) is 0 Å². The molecule has 0 saturated carbocycles. The van der Waals surface area contributed by atoms with Gasteiger partial charge in [-0.25, -0.2) is 37.5 Å². The van der Waals surface area contributed by atoms with Gasteiger partial charge in [-0.15, -0.1) is 0 Å². The van der Waals surface area contributed by atoms with Crippen molar-refractivity contribution in [3.05, 3.63) is 333 Å². The first-order valence-electron chi connectivity index (χ1n) is 43.3. The first-order chi connectivity index (χ1) is 61.4. The number of rotatable bonds is 20. The van der Waals surface area contributed by atoms with Crippen molar-refractivity contribution in [3.8, 4) is 45.7 Å². The average molecular weight is 1730 g/mol. The Hall–Kier alpha value is -13.6. The van der Waals surface area contributed by atoms with Gasteiger partial charge in [0, 0.05) is 97.4 Å². The molecule has 0 bridgehead atoms. The second-order valence-corrected chi connectivity index (χ2v) is 34.0. The molecule has 0 N–H and O–H groups in total. The average Bonchev–Trinajstić information content (AvgIpc) is 0.926. The third-order valence-corrected chi connectivity index (χ3v) is 24.2. The predicted molar refractivity (Wildman–Crippen MR) is 492 cm³/mol. The fourth-order valence-corrected chi connectivity index (χ4v) is 17.2. The first kappa shape index (κ1) is 92.0. The van der Waals surface area contributed by atoms with Crippen molar-refractivity contribution in [1.29, 1.82) is 0 Å². The molecule has 8 aromatic carbocycles. The van der Waals surface area contributed by atoms with E-state index in [1.807, 2.05) is 187 Å². The van der Waals surface area contributed by atoms with Gasteiger partial charge in [0.25, 0.3) is 23.6 Å². The highest BCUT2D eigenvalue weighted by Crippen LogP contribution is 2.39. The van der Waals surface area contributed by atoms with Gasteiger partial charge in [0.1, 0.15) is 46.3 Å². The molecule has 12 aromatic rings. The summed E-state index contributed by atoms with van der Waals surface area (Å²) in [6, 6.07) is 49.4. The van der Waals surface area contributed by atoms with E-state index in [9.17, 15) is 36.7 Å². The van der Waals surface area contributed by atoms with Crippen molar-refractivity contribution in [2.24, 2.45) is 23.7 Å². The number of aromatic nitrogens is 8. The van der Waals surface area contributed by atoms with E-state index in [1.165, 1.54) is 48.5 Å². The standard InChI is InChI=1S/4C26H28FN3O2/c4*1-17-11-19(3)30(15-20-5-8-22(27)9-6-20)26(31)23(17)12-21-7-10-24(25(13-21)32-4)29-14-18(2)28-16-29/h4*5-10,12-14,16-17,19H,11,15H2,1-4H3/b4*23-12+/t2*17-,19+;2*17-,19-/m1010/s1. The van der Waals surface area contributed by atoms with Crippen LogP contribution in [0, 0.1) is 74.6 Å². The summed E-state index contributed by atoms with van der Waals surface area (Å²) in [5.41, 5.74) is 17.7. The van der Waals surface area contributed by atoms with Crippen molar-refractivity contribution in [3.63, 3.8) is 0 Å². The Morgan fingerprint density at radius 3 is 0.648 bits per heavy atom. The van der Waals surface area contributed by atoms with Crippen molar-refractivity contribution >= 4 is 47.9 Å². The Balaban J connectivity index is 0.000000146. The number of piperidine rings is 4. The van der Waals surface area contributed by atoms with E-state index in [0.717, 1.165) is 138 Å². The molecule has 4 saturated heterocycles. The zero-order chi connectivity index (χ0) is 91.3. The maximum absolute atomic E-state index is 13.4. The van der Waals surface area contributed by atoms with Crippen LogP contribution in [0.15, 0.2) is 242 Å². The van der Waals surface area contributed by atoms with Crippen molar-refractivity contribution in [1.82, 2.24) is 57.8 Å². The lowest BCUT2D eigenvalue weighted by atomic mass is 9.86. The molecule has 24 heteroatoms. The van der Waals surface area contributed by atoms with Gasteiger partial charge in [0.15, 0.2) is 0 Å². The molecule has 128 heavy (non-hydrogen) atoms. The minimum absolute atomic E-state index is 0.0221. The van der Waals surface area contributed by atoms with Gasteiger partial charge in [0.2, 0.25) is 0 Å². The smallest absolute Gasteiger partial charge is 0.250 e. The predicted octanol–water partition coefficient (Wildman–Crippen LogP) is 20.7. The molecule has 0 aliphatic carbocycles. The number of aryl methyl sites for hydroxylation is 4. The maximum Gasteiger partial charge on any atom is 0.250 e. The number of likely N-dealkylation sites (tertiary alicyclic amines) is 4. The summed E-state index contributed by atoms with van der Waals surface area (Å²) in [6.45, 7) is 26.3. The molecule has 4 aliphatic rings. The second-order valence-electron chi connectivity index (χ2n) is 34.0. The summed E-state index contributed by atoms with van der Waals surface area (Å²) < 4.78 is 83.2. The van der Waals surface area contributed by atoms with Gasteiger partial charge in [0.05, 0.1) is 99.3 Å². The molecule has 664 valence electrons. The van der Waals surface area contributed by atoms with Crippen LogP contribution in [0.5, 0.6) is 23.0 Å². The van der Waals surface area contributed by atoms with Gasteiger partial charge in [-0.3, -0.25) is 19.2 Å². The molecule has 4 amide bonds. The Morgan fingerprint density at radius 2 is 0.484 bits per heavy atom. The van der Waals surface area contributed by atoms with E-state index in [1.54, 1.807) is 102 Å². The summed E-state index contributed by atoms with van der Waals surface area (Å²) in [7, 11) is 6.56. The van der Waals surface area contributed by atoms with Crippen LogP contribution in [-0.2, 0) is 45.4 Å². The summed E-state index contributed by atoms with van der Waals surface area (Å²) >= 11 is 0. The Morgan fingerprint density at radius 1 is 0.297 bits per heavy atom. The number of halogens is 4. The molecule has 4 aromatic heterocycles. The quantitative estimate of drug-likeness (QED) is 0.0519. The highest BCUT2D eigenvalue weighted by Gasteiger charge is 2.38. The fraction of sp³-hybridized carbons (Fsp3) is 0.308. The minimum Gasteiger partial charge on any atom is -0.495 e. The number of benzene rings is 8. The van der Waals surface area contributed by atoms with E-state index in [2.05, 4.69) is 75.3 Å². The van der Waals surface area contributed by atoms with Crippen LogP contribution in [-0.4, -0.2) is 134 Å². The lowest BCUT2D eigenvalue weighted by molar-refractivity contribution is -0.133. The van der Waals surface area contributed by atoms with Crippen LogP contribution in [0.1, 0.15) is 148 Å². The summed E-state index contributed by atoms with van der Waals surface area (Å²) in [5, 5.41) is 0. The maximum atomic E-state index is 13.4. The van der Waals surface area contributed by atoms with Gasteiger partial charge >= 0.3 is 0 Å². The number of carbonyl (C=O) groups is 4. The van der Waals surface area contributed by atoms with Crippen LogP contribution < -0.4 is 18.9 Å². The lowest BCUT2D eigenvalue weighted by Crippen LogP contribution is -2.45. The Bertz CT molecular complexity index is 5330. The van der Waals surface area contributed by atoms with E-state index < -0.39 is 0 Å². The fourth-order valence-electron chi connectivity index (χ4n) is 17.2. The third-order valence-electron chi connectivity index (χ3n) is 24.2. The molecule has 0 radical (unpaired) electrons. The minimum atomic E-state index is -0.274. The van der Waals surface area contributed by atoms with Gasteiger partial charge in [-0.1, -0.05) is 100 Å². The van der Waals surface area contributed by atoms with Gasteiger partial charge in [-0.05, 0) is 271 Å². The van der Waals surface area contributed by atoms with E-state index in [-0.39, 0.29) is 94.7 Å². The molecule has 20 nitrogen and oxygen atoms in total. The second kappa shape index (κ2) is 41.2. The summed E-state index contributed by atoms with van der Waals surface area (Å²) in [6.07, 6.45) is 26.1. The molecule has 4 aliphatic heterocycles. The SMILES string of the molecule is COc1cc(/C=C2/C(=O)N(Cc3ccc(F)cc3)[C@@H](C)C[C@@H]2C)ccc1-n1cnc(C)c1.COc1cc(/C=C2/C(=O)N(Cc3ccc(F)cc3)[C@@H](C)C[C@H]2C)ccc1-n1cnc(C)c1.COc1cc(/C=C2/C(=O)N(Cc3ccc(F)cc3)[C@H](C)C[C@@H]2C)ccc1-n1cnc(C)c1.COc1cc(/C=C2/C(=O)N(Cc3ccc(F)cc3)[C@H](C)C[C@H]2C)ccc1-n1cnc(C)c1. The highest BCUT2D eigenvalue weighted by atomic mass is 19.1. The third kappa shape index (κ3) is 22.2. The van der Waals surface area contributed by atoms with E-state index in [4.69, 9.17) is 18.9 Å². The van der Waals surface area contributed by atoms with E-state index >= 15 is 0 Å². The number of hydrogen-bond acceptors (Lipinski definition) is 12. The number of methoxy groups -OCH3 is 4. The molecule has 8 heterocycles. The highest BCUT2D eigenvalue weighted by molar-refractivity contribution is 6.02. The molecule has 8 atom stereocenters. The zero-order valence-corrected chi connectivity index (χ0v) is 75.5. The summed E-state index contributed by atoms with van der Waals surface area (Å²) in [5.74, 6) is 2.41. The molecule has 0 unspecified atom stereocenters. The van der Waals surface area contributed by atoms with Crippen molar-refractivity contribution in [2.45, 2.75) is 159 Å². The van der Waals surface area contributed by atoms with E-state index in [0.29, 0.717) is 49.2 Å². The molecule has 0 spiro atoms. The van der Waals surface area contributed by atoms with Crippen molar-refractivity contribution in [2.75, 3.05) is 28.4 Å². The van der Waals surface area contributed by atoms with Crippen LogP contribution in [0.25, 0.3) is 47.1 Å².